The summed E-state index contributed by atoms with van der Waals surface area (Å²) in [5.74, 6) is 0.473. The number of aromatic nitrogens is 1. The van der Waals surface area contributed by atoms with Gasteiger partial charge in [0.1, 0.15) is 0 Å². The van der Waals surface area contributed by atoms with Crippen LogP contribution in [0, 0.1) is 11.3 Å². The van der Waals surface area contributed by atoms with Crippen molar-refractivity contribution in [1.29, 1.82) is 5.26 Å². The second kappa shape index (κ2) is 4.70. The molecule has 0 N–H and O–H groups in total. The van der Waals surface area contributed by atoms with Gasteiger partial charge in [-0.1, -0.05) is 17.2 Å². The van der Waals surface area contributed by atoms with Gasteiger partial charge in [-0.05, 0) is 55.6 Å². The third-order valence-corrected chi connectivity index (χ3v) is 4.32. The number of hydrogen-bond donors (Lipinski definition) is 0. The summed E-state index contributed by atoms with van der Waals surface area (Å²) >= 11 is 5.30. The molecule has 2 aliphatic carbocycles. The Morgan fingerprint density at radius 2 is 2.22 bits per heavy atom. The fourth-order valence-electron chi connectivity index (χ4n) is 3.20. The lowest BCUT2D eigenvalue weighted by Crippen LogP contribution is -2.10. The number of nitriles is 1. The van der Waals surface area contributed by atoms with Gasteiger partial charge in [-0.3, -0.25) is 4.98 Å². The summed E-state index contributed by atoms with van der Waals surface area (Å²) in [4.78, 5) is 4.45. The molecule has 0 fully saturated rings. The monoisotopic (exact) mass is 255 g/mol. The van der Waals surface area contributed by atoms with Gasteiger partial charge in [0.05, 0.1) is 11.6 Å². The van der Waals surface area contributed by atoms with Crippen molar-refractivity contribution in [3.05, 3.63) is 34.5 Å². The SMILES string of the molecule is N#Cc1c([S-])nc2c(c1[C@H]1CC=CCC1)CCC2. The van der Waals surface area contributed by atoms with Gasteiger partial charge in [-0.15, -0.1) is 0 Å². The lowest BCUT2D eigenvalue weighted by molar-refractivity contribution is 0.607. The molecule has 0 amide bonds. The molecule has 1 heterocycles. The first kappa shape index (κ1) is 11.7. The molecule has 0 aromatic carbocycles. The molecular formula is C15H15N2S-. The molecule has 1 aromatic heterocycles. The maximum Gasteiger partial charge on any atom is 0.0994 e. The van der Waals surface area contributed by atoms with Crippen LogP contribution in [0.1, 0.15) is 54.0 Å². The van der Waals surface area contributed by atoms with E-state index in [4.69, 9.17) is 12.6 Å². The summed E-state index contributed by atoms with van der Waals surface area (Å²) in [6.45, 7) is 0. The fraction of sp³-hybridized carbons (Fsp3) is 0.467. The Morgan fingerprint density at radius 1 is 1.33 bits per heavy atom. The quantitative estimate of drug-likeness (QED) is 0.571. The van der Waals surface area contributed by atoms with Crippen LogP contribution in [0.3, 0.4) is 0 Å². The van der Waals surface area contributed by atoms with Gasteiger partial charge in [0, 0.05) is 5.69 Å². The Hall–Kier alpha value is -1.40. The van der Waals surface area contributed by atoms with Gasteiger partial charge in [0.2, 0.25) is 0 Å². The number of allylic oxidation sites excluding steroid dienone is 2. The highest BCUT2D eigenvalue weighted by Crippen LogP contribution is 2.38. The van der Waals surface area contributed by atoms with Crippen molar-refractivity contribution in [2.24, 2.45) is 0 Å². The summed E-state index contributed by atoms with van der Waals surface area (Å²) in [7, 11) is 0. The minimum Gasteiger partial charge on any atom is -0.759 e. The van der Waals surface area contributed by atoms with Crippen molar-refractivity contribution >= 4 is 12.6 Å². The Kier molecular flexibility index (Phi) is 3.05. The smallest absolute Gasteiger partial charge is 0.0994 e. The van der Waals surface area contributed by atoms with Crippen LogP contribution in [-0.2, 0) is 25.5 Å². The molecule has 1 atom stereocenters. The molecule has 92 valence electrons. The third kappa shape index (κ3) is 1.81. The van der Waals surface area contributed by atoms with Crippen molar-refractivity contribution < 1.29 is 0 Å². The molecule has 3 rings (SSSR count). The van der Waals surface area contributed by atoms with Crippen LogP contribution in [0.4, 0.5) is 0 Å². The van der Waals surface area contributed by atoms with Gasteiger partial charge in [0.15, 0.2) is 0 Å². The molecular weight excluding hydrogens is 240 g/mol. The van der Waals surface area contributed by atoms with Gasteiger partial charge >= 0.3 is 0 Å². The highest BCUT2D eigenvalue weighted by molar-refractivity contribution is 7.58. The Bertz CT molecular complexity index is 554. The van der Waals surface area contributed by atoms with Crippen LogP contribution in [0.2, 0.25) is 0 Å². The number of hydrogen-bond acceptors (Lipinski definition) is 3. The summed E-state index contributed by atoms with van der Waals surface area (Å²) in [6, 6.07) is 2.30. The first-order valence-corrected chi connectivity index (χ1v) is 7.00. The topological polar surface area (TPSA) is 36.7 Å². The van der Waals surface area contributed by atoms with Crippen LogP contribution < -0.4 is 0 Å². The zero-order valence-electron chi connectivity index (χ0n) is 10.3. The van der Waals surface area contributed by atoms with Crippen LogP contribution >= 0.6 is 0 Å². The van der Waals surface area contributed by atoms with Crippen molar-refractivity contribution in [2.45, 2.75) is 49.5 Å². The second-order valence-corrected chi connectivity index (χ2v) is 5.46. The van der Waals surface area contributed by atoms with Gasteiger partial charge in [-0.2, -0.15) is 5.26 Å². The van der Waals surface area contributed by atoms with Crippen LogP contribution in [0.5, 0.6) is 0 Å². The third-order valence-electron chi connectivity index (χ3n) is 4.02. The molecule has 0 bridgehead atoms. The zero-order chi connectivity index (χ0) is 12.5. The molecule has 0 saturated heterocycles. The zero-order valence-corrected chi connectivity index (χ0v) is 11.1. The summed E-state index contributed by atoms with van der Waals surface area (Å²) in [5, 5.41) is 9.90. The van der Waals surface area contributed by atoms with E-state index in [0.29, 0.717) is 16.5 Å². The maximum absolute atomic E-state index is 9.39. The molecule has 1 aromatic rings. The molecule has 0 saturated carbocycles. The number of aryl methyl sites for hydroxylation is 1. The standard InChI is InChI=1S/C15H16N2S/c16-9-12-14(10-5-2-1-3-6-10)11-7-4-8-13(11)17-15(12)18/h1-2,10H,3-8H2,(H,17,18)/p-1/t10-/m0/s1. The molecule has 18 heavy (non-hydrogen) atoms. The van der Waals surface area contributed by atoms with E-state index in [-0.39, 0.29) is 0 Å². The molecule has 2 nitrogen and oxygen atoms in total. The average molecular weight is 255 g/mol. The molecule has 0 spiro atoms. The van der Waals surface area contributed by atoms with E-state index in [1.54, 1.807) is 0 Å². The van der Waals surface area contributed by atoms with Crippen molar-refractivity contribution in [3.63, 3.8) is 0 Å². The largest absolute Gasteiger partial charge is 0.759 e. The van der Waals surface area contributed by atoms with E-state index in [1.807, 2.05) is 0 Å². The van der Waals surface area contributed by atoms with E-state index in [2.05, 4.69) is 23.2 Å². The van der Waals surface area contributed by atoms with Crippen LogP contribution in [-0.4, -0.2) is 4.98 Å². The number of nitrogens with zero attached hydrogens (tertiary/aromatic N) is 2. The lowest BCUT2D eigenvalue weighted by Gasteiger charge is -2.25. The first-order chi connectivity index (χ1) is 8.81. The van der Waals surface area contributed by atoms with E-state index in [1.165, 1.54) is 11.1 Å². The highest BCUT2D eigenvalue weighted by Gasteiger charge is 2.25. The molecule has 3 heteroatoms. The summed E-state index contributed by atoms with van der Waals surface area (Å²) in [5.41, 5.74) is 4.39. The molecule has 2 aliphatic rings. The van der Waals surface area contributed by atoms with Crippen LogP contribution in [0.25, 0.3) is 0 Å². The summed E-state index contributed by atoms with van der Waals surface area (Å²) in [6.07, 6.45) is 11.0. The van der Waals surface area contributed by atoms with E-state index >= 15 is 0 Å². The van der Waals surface area contributed by atoms with Gasteiger partial charge in [-0.25, -0.2) is 0 Å². The van der Waals surface area contributed by atoms with Crippen molar-refractivity contribution in [2.75, 3.05) is 0 Å². The number of pyridine rings is 1. The van der Waals surface area contributed by atoms with E-state index in [9.17, 15) is 5.26 Å². The average Bonchev–Trinajstić information content (AvgIpc) is 2.85. The Labute approximate surface area is 113 Å². The Morgan fingerprint density at radius 3 is 2.94 bits per heavy atom. The first-order valence-electron chi connectivity index (χ1n) is 6.59. The summed E-state index contributed by atoms with van der Waals surface area (Å²) < 4.78 is 0. The predicted octanol–water partition coefficient (Wildman–Crippen LogP) is 3.17. The molecule has 0 aliphatic heterocycles. The predicted molar refractivity (Wildman–Crippen MR) is 72.3 cm³/mol. The van der Waals surface area contributed by atoms with E-state index < -0.39 is 0 Å². The van der Waals surface area contributed by atoms with Crippen LogP contribution in [0.15, 0.2) is 17.2 Å². The Balaban J connectivity index is 2.16. The van der Waals surface area contributed by atoms with Gasteiger partial charge < -0.3 is 12.6 Å². The minimum atomic E-state index is 0.473. The van der Waals surface area contributed by atoms with E-state index in [0.717, 1.165) is 44.2 Å². The molecule has 0 radical (unpaired) electrons. The normalized spacial score (nSPS) is 21.6. The van der Waals surface area contributed by atoms with Crippen molar-refractivity contribution in [1.82, 2.24) is 4.98 Å². The maximum atomic E-state index is 9.39. The number of fused-ring (bicyclic) bond motifs is 1. The fourth-order valence-corrected chi connectivity index (χ4v) is 3.47. The molecule has 0 unspecified atom stereocenters. The highest BCUT2D eigenvalue weighted by atomic mass is 32.1. The van der Waals surface area contributed by atoms with Crippen molar-refractivity contribution in [3.8, 4) is 6.07 Å². The number of rotatable bonds is 1. The second-order valence-electron chi connectivity index (χ2n) is 5.08. The minimum absolute atomic E-state index is 0.473. The van der Waals surface area contributed by atoms with Gasteiger partial charge in [0.25, 0.3) is 0 Å². The lowest BCUT2D eigenvalue weighted by atomic mass is 9.83.